The van der Waals surface area contributed by atoms with E-state index in [9.17, 15) is 4.79 Å². The molecule has 0 radical (unpaired) electrons. The highest BCUT2D eigenvalue weighted by Gasteiger charge is 2.33. The quantitative estimate of drug-likeness (QED) is 0.799. The number of benzene rings is 1. The minimum atomic E-state index is -0.351. The molecule has 0 aliphatic carbocycles. The van der Waals surface area contributed by atoms with Gasteiger partial charge in [0.05, 0.1) is 25.9 Å². The van der Waals surface area contributed by atoms with Gasteiger partial charge in [-0.2, -0.15) is 11.8 Å². The fraction of sp³-hybridized carbons (Fsp3) is 0.562. The second kappa shape index (κ2) is 8.41. The molecule has 2 N–H and O–H groups in total. The van der Waals surface area contributed by atoms with Gasteiger partial charge in [-0.3, -0.25) is 4.79 Å². The molecule has 1 aliphatic rings. The van der Waals surface area contributed by atoms with Crippen molar-refractivity contribution in [3.8, 4) is 5.75 Å². The summed E-state index contributed by atoms with van der Waals surface area (Å²) in [4.78, 5) is 12.2. The van der Waals surface area contributed by atoms with Gasteiger partial charge in [-0.05, 0) is 48.6 Å². The second-order valence-electron chi connectivity index (χ2n) is 5.28. The zero-order valence-corrected chi connectivity index (χ0v) is 13.7. The first-order valence-electron chi connectivity index (χ1n) is 7.44. The lowest BCUT2D eigenvalue weighted by Gasteiger charge is -2.37. The number of carbonyl (C=O) groups is 1. The first-order chi connectivity index (χ1) is 10.7. The van der Waals surface area contributed by atoms with E-state index >= 15 is 0 Å². The van der Waals surface area contributed by atoms with Gasteiger partial charge in [0.25, 0.3) is 5.91 Å². The molecule has 2 rings (SSSR count). The minimum Gasteiger partial charge on any atom is -0.497 e. The van der Waals surface area contributed by atoms with Gasteiger partial charge in [-0.25, -0.2) is 0 Å². The first-order valence-corrected chi connectivity index (χ1v) is 8.59. The molecule has 1 saturated heterocycles. The maximum atomic E-state index is 12.2. The molecule has 6 heteroatoms. The van der Waals surface area contributed by atoms with Crippen molar-refractivity contribution in [2.75, 3.05) is 38.4 Å². The summed E-state index contributed by atoms with van der Waals surface area (Å²) in [7, 11) is 1.60. The Morgan fingerprint density at radius 2 is 2.00 bits per heavy atom. The van der Waals surface area contributed by atoms with Crippen LogP contribution in [0.4, 0.5) is 0 Å². The SMILES string of the molecule is COc1ccc(C(=O)NCC2(OCCO)CCSCC2)cc1. The summed E-state index contributed by atoms with van der Waals surface area (Å²) < 4.78 is 10.9. The van der Waals surface area contributed by atoms with Gasteiger partial charge in [0.15, 0.2) is 0 Å². The average Bonchev–Trinajstić information content (AvgIpc) is 2.59. The maximum Gasteiger partial charge on any atom is 0.251 e. The van der Waals surface area contributed by atoms with Crippen LogP contribution >= 0.6 is 11.8 Å². The molecular weight excluding hydrogens is 302 g/mol. The van der Waals surface area contributed by atoms with E-state index < -0.39 is 0 Å². The summed E-state index contributed by atoms with van der Waals surface area (Å²) in [5.74, 6) is 2.64. The molecule has 1 aromatic carbocycles. The predicted octanol–water partition coefficient (Wildman–Crippen LogP) is 1.70. The average molecular weight is 325 g/mol. The summed E-state index contributed by atoms with van der Waals surface area (Å²) in [6.45, 7) is 0.781. The lowest BCUT2D eigenvalue weighted by atomic mass is 9.96. The van der Waals surface area contributed by atoms with Crippen molar-refractivity contribution in [3.05, 3.63) is 29.8 Å². The molecule has 1 amide bonds. The Morgan fingerprint density at radius 1 is 1.32 bits per heavy atom. The molecule has 1 aromatic rings. The van der Waals surface area contributed by atoms with Gasteiger partial charge in [-0.15, -0.1) is 0 Å². The smallest absolute Gasteiger partial charge is 0.251 e. The molecule has 1 heterocycles. The van der Waals surface area contributed by atoms with Crippen LogP contribution in [-0.4, -0.2) is 55.0 Å². The van der Waals surface area contributed by atoms with E-state index in [1.54, 1.807) is 31.4 Å². The number of carbonyl (C=O) groups excluding carboxylic acids is 1. The van der Waals surface area contributed by atoms with E-state index in [2.05, 4.69) is 5.32 Å². The summed E-state index contributed by atoms with van der Waals surface area (Å²) >= 11 is 1.90. The van der Waals surface area contributed by atoms with Crippen LogP contribution in [0.1, 0.15) is 23.2 Å². The number of rotatable bonds is 7. The van der Waals surface area contributed by atoms with Gasteiger partial charge in [0.2, 0.25) is 0 Å². The van der Waals surface area contributed by atoms with Crippen LogP contribution in [0.3, 0.4) is 0 Å². The lowest BCUT2D eigenvalue weighted by molar-refractivity contribution is -0.0608. The summed E-state index contributed by atoms with van der Waals surface area (Å²) in [6, 6.07) is 7.02. The number of hydrogen-bond donors (Lipinski definition) is 2. The number of nitrogens with one attached hydrogen (secondary N) is 1. The van der Waals surface area contributed by atoms with Gasteiger partial charge in [0.1, 0.15) is 5.75 Å². The van der Waals surface area contributed by atoms with Crippen molar-refractivity contribution >= 4 is 17.7 Å². The van der Waals surface area contributed by atoms with E-state index in [4.69, 9.17) is 14.6 Å². The fourth-order valence-electron chi connectivity index (χ4n) is 2.46. The lowest BCUT2D eigenvalue weighted by Crippen LogP contribution is -2.48. The van der Waals surface area contributed by atoms with Crippen LogP contribution in [0, 0.1) is 0 Å². The number of aliphatic hydroxyl groups is 1. The minimum absolute atomic E-state index is 0.00131. The van der Waals surface area contributed by atoms with E-state index in [-0.39, 0.29) is 18.1 Å². The number of hydrogen-bond acceptors (Lipinski definition) is 5. The Kier molecular flexibility index (Phi) is 6.54. The first kappa shape index (κ1) is 17.1. The molecule has 0 aromatic heterocycles. The van der Waals surface area contributed by atoms with Crippen molar-refractivity contribution in [2.24, 2.45) is 0 Å². The van der Waals surface area contributed by atoms with Gasteiger partial charge >= 0.3 is 0 Å². The molecule has 1 fully saturated rings. The van der Waals surface area contributed by atoms with Gasteiger partial charge < -0.3 is 19.9 Å². The van der Waals surface area contributed by atoms with E-state index in [1.807, 2.05) is 11.8 Å². The van der Waals surface area contributed by atoms with Crippen LogP contribution in [-0.2, 0) is 4.74 Å². The van der Waals surface area contributed by atoms with E-state index in [1.165, 1.54) is 0 Å². The molecule has 122 valence electrons. The topological polar surface area (TPSA) is 67.8 Å². The monoisotopic (exact) mass is 325 g/mol. The van der Waals surface area contributed by atoms with Crippen molar-refractivity contribution < 1.29 is 19.4 Å². The van der Waals surface area contributed by atoms with E-state index in [0.717, 1.165) is 30.1 Å². The number of thioether (sulfide) groups is 1. The summed E-state index contributed by atoms with van der Waals surface area (Å²) in [5.41, 5.74) is 0.249. The summed E-state index contributed by atoms with van der Waals surface area (Å²) in [5, 5.41) is 11.9. The van der Waals surface area contributed by atoms with Crippen LogP contribution < -0.4 is 10.1 Å². The molecule has 0 unspecified atom stereocenters. The second-order valence-corrected chi connectivity index (χ2v) is 6.50. The summed E-state index contributed by atoms with van der Waals surface area (Å²) in [6.07, 6.45) is 1.78. The molecule has 0 spiro atoms. The van der Waals surface area contributed by atoms with Crippen molar-refractivity contribution in [1.29, 1.82) is 0 Å². The van der Waals surface area contributed by atoms with Crippen LogP contribution in [0.15, 0.2) is 24.3 Å². The number of amides is 1. The number of methoxy groups -OCH3 is 1. The third-order valence-electron chi connectivity index (χ3n) is 3.83. The van der Waals surface area contributed by atoms with Crippen molar-refractivity contribution in [3.63, 3.8) is 0 Å². The fourth-order valence-corrected chi connectivity index (χ4v) is 3.70. The highest BCUT2D eigenvalue weighted by molar-refractivity contribution is 7.99. The molecular formula is C16H23NO4S. The Balaban J connectivity index is 1.93. The third-order valence-corrected chi connectivity index (χ3v) is 4.81. The van der Waals surface area contributed by atoms with Crippen LogP contribution in [0.25, 0.3) is 0 Å². The highest BCUT2D eigenvalue weighted by atomic mass is 32.2. The Hall–Kier alpha value is -1.24. The van der Waals surface area contributed by atoms with Gasteiger partial charge in [0, 0.05) is 12.1 Å². The Labute approximate surface area is 135 Å². The number of aliphatic hydroxyl groups excluding tert-OH is 1. The van der Waals surface area contributed by atoms with Crippen LogP contribution in [0.2, 0.25) is 0 Å². The normalized spacial score (nSPS) is 17.0. The molecule has 5 nitrogen and oxygen atoms in total. The van der Waals surface area contributed by atoms with E-state index in [0.29, 0.717) is 18.7 Å². The zero-order chi connectivity index (χ0) is 15.8. The zero-order valence-electron chi connectivity index (χ0n) is 12.8. The highest BCUT2D eigenvalue weighted by Crippen LogP contribution is 2.30. The molecule has 0 bridgehead atoms. The maximum absolute atomic E-state index is 12.2. The van der Waals surface area contributed by atoms with Crippen LogP contribution in [0.5, 0.6) is 5.75 Å². The third kappa shape index (κ3) is 4.63. The Bertz CT molecular complexity index is 472. The van der Waals surface area contributed by atoms with Crippen molar-refractivity contribution in [1.82, 2.24) is 5.32 Å². The Morgan fingerprint density at radius 3 is 2.59 bits per heavy atom. The van der Waals surface area contributed by atoms with Gasteiger partial charge in [-0.1, -0.05) is 0 Å². The van der Waals surface area contributed by atoms with Crippen molar-refractivity contribution in [2.45, 2.75) is 18.4 Å². The molecule has 1 aliphatic heterocycles. The predicted molar refractivity (Wildman–Crippen MR) is 87.7 cm³/mol. The molecule has 0 saturated carbocycles. The number of ether oxygens (including phenoxy) is 2. The largest absolute Gasteiger partial charge is 0.497 e. The molecule has 22 heavy (non-hydrogen) atoms. The standard InChI is InChI=1S/C16H23NO4S/c1-20-14-4-2-13(3-5-14)15(19)17-12-16(21-9-8-18)6-10-22-11-7-16/h2-5,18H,6-12H2,1H3,(H,17,19). The molecule has 0 atom stereocenters.